The Morgan fingerprint density at radius 1 is 1.35 bits per heavy atom. The summed E-state index contributed by atoms with van der Waals surface area (Å²) in [5, 5.41) is 3.89. The van der Waals surface area contributed by atoms with Crippen LogP contribution in [0.4, 0.5) is 5.69 Å². The molecule has 0 saturated heterocycles. The number of nitrogens with one attached hydrogen (secondary N) is 1. The molecule has 110 valence electrons. The van der Waals surface area contributed by atoms with Crippen molar-refractivity contribution in [3.63, 3.8) is 0 Å². The van der Waals surface area contributed by atoms with Crippen LogP contribution in [0.2, 0.25) is 5.02 Å². The first kappa shape index (κ1) is 15.3. The number of benzene rings is 1. The second-order valence-corrected chi connectivity index (χ2v) is 5.63. The number of hydrogen-bond donors (Lipinski definition) is 1. The molecule has 0 aliphatic heterocycles. The fourth-order valence-electron chi connectivity index (χ4n) is 2.80. The Morgan fingerprint density at radius 2 is 2.10 bits per heavy atom. The summed E-state index contributed by atoms with van der Waals surface area (Å²) in [4.78, 5) is 10.7. The SMILES string of the molecule is CNc1ccc(Cl)c(COC2CCCC2)c1CCC=O. The maximum absolute atomic E-state index is 10.7. The average Bonchev–Trinajstić information content (AvgIpc) is 2.97. The Bertz CT molecular complexity index is 456. The summed E-state index contributed by atoms with van der Waals surface area (Å²) >= 11 is 6.33. The Kier molecular flexibility index (Phi) is 5.86. The predicted octanol–water partition coefficient (Wildman–Crippen LogP) is 3.97. The summed E-state index contributed by atoms with van der Waals surface area (Å²) in [5.74, 6) is 0. The number of aldehydes is 1. The molecule has 2 rings (SSSR count). The topological polar surface area (TPSA) is 38.3 Å². The first-order chi connectivity index (χ1) is 9.76. The van der Waals surface area contributed by atoms with E-state index in [0.29, 0.717) is 25.6 Å². The Balaban J connectivity index is 2.16. The highest BCUT2D eigenvalue weighted by atomic mass is 35.5. The zero-order valence-corrected chi connectivity index (χ0v) is 12.7. The second kappa shape index (κ2) is 7.65. The molecule has 1 N–H and O–H groups in total. The number of hydrogen-bond acceptors (Lipinski definition) is 3. The summed E-state index contributed by atoms with van der Waals surface area (Å²) in [5.41, 5.74) is 3.15. The van der Waals surface area contributed by atoms with Crippen molar-refractivity contribution in [3.05, 3.63) is 28.3 Å². The van der Waals surface area contributed by atoms with E-state index in [2.05, 4.69) is 5.32 Å². The molecular formula is C16H22ClNO2. The summed E-state index contributed by atoms with van der Waals surface area (Å²) in [6, 6.07) is 3.85. The molecule has 0 aromatic heterocycles. The van der Waals surface area contributed by atoms with Crippen molar-refractivity contribution in [3.8, 4) is 0 Å². The van der Waals surface area contributed by atoms with Gasteiger partial charge in [-0.2, -0.15) is 0 Å². The fraction of sp³-hybridized carbons (Fsp3) is 0.562. The Morgan fingerprint density at radius 3 is 2.75 bits per heavy atom. The smallest absolute Gasteiger partial charge is 0.120 e. The van der Waals surface area contributed by atoms with E-state index in [4.69, 9.17) is 16.3 Å². The minimum atomic E-state index is 0.364. The van der Waals surface area contributed by atoms with Gasteiger partial charge >= 0.3 is 0 Å². The molecule has 1 aliphatic carbocycles. The quantitative estimate of drug-likeness (QED) is 0.774. The maximum Gasteiger partial charge on any atom is 0.120 e. The Labute approximate surface area is 125 Å². The highest BCUT2D eigenvalue weighted by molar-refractivity contribution is 6.31. The summed E-state index contributed by atoms with van der Waals surface area (Å²) < 4.78 is 5.99. The van der Waals surface area contributed by atoms with E-state index in [-0.39, 0.29) is 0 Å². The van der Waals surface area contributed by atoms with Crippen molar-refractivity contribution in [1.29, 1.82) is 0 Å². The molecule has 0 radical (unpaired) electrons. The van der Waals surface area contributed by atoms with Gasteiger partial charge in [0.2, 0.25) is 0 Å². The van der Waals surface area contributed by atoms with Gasteiger partial charge in [-0.3, -0.25) is 0 Å². The van der Waals surface area contributed by atoms with Crippen molar-refractivity contribution in [2.75, 3.05) is 12.4 Å². The first-order valence-electron chi connectivity index (χ1n) is 7.29. The van der Waals surface area contributed by atoms with Gasteiger partial charge in [-0.05, 0) is 37.0 Å². The van der Waals surface area contributed by atoms with Crippen LogP contribution in [0.25, 0.3) is 0 Å². The maximum atomic E-state index is 10.7. The van der Waals surface area contributed by atoms with Crippen LogP contribution in [-0.4, -0.2) is 19.4 Å². The van der Waals surface area contributed by atoms with E-state index in [9.17, 15) is 4.79 Å². The highest BCUT2D eigenvalue weighted by Gasteiger charge is 2.18. The van der Waals surface area contributed by atoms with E-state index < -0.39 is 0 Å². The fourth-order valence-corrected chi connectivity index (χ4v) is 3.03. The molecule has 1 aromatic carbocycles. The monoisotopic (exact) mass is 295 g/mol. The average molecular weight is 296 g/mol. The van der Waals surface area contributed by atoms with Crippen molar-refractivity contribution >= 4 is 23.6 Å². The lowest BCUT2D eigenvalue weighted by Crippen LogP contribution is -2.10. The number of ether oxygens (including phenoxy) is 1. The molecule has 1 aromatic rings. The Hall–Kier alpha value is -1.06. The summed E-state index contributed by atoms with van der Waals surface area (Å²) in [7, 11) is 1.88. The number of halogens is 1. The van der Waals surface area contributed by atoms with Gasteiger partial charge in [0.1, 0.15) is 6.29 Å². The molecule has 1 aliphatic rings. The van der Waals surface area contributed by atoms with Gasteiger partial charge in [0.25, 0.3) is 0 Å². The van der Waals surface area contributed by atoms with Crippen LogP contribution in [0.15, 0.2) is 12.1 Å². The highest BCUT2D eigenvalue weighted by Crippen LogP contribution is 2.30. The van der Waals surface area contributed by atoms with Crippen LogP contribution in [-0.2, 0) is 22.6 Å². The normalized spacial score (nSPS) is 15.5. The van der Waals surface area contributed by atoms with E-state index in [0.717, 1.165) is 41.0 Å². The van der Waals surface area contributed by atoms with E-state index in [1.54, 1.807) is 0 Å². The molecule has 3 nitrogen and oxygen atoms in total. The van der Waals surface area contributed by atoms with Crippen molar-refractivity contribution in [1.82, 2.24) is 0 Å². The third kappa shape index (κ3) is 3.74. The number of carbonyl (C=O) groups is 1. The van der Waals surface area contributed by atoms with Crippen molar-refractivity contribution < 1.29 is 9.53 Å². The minimum Gasteiger partial charge on any atom is -0.388 e. The molecule has 20 heavy (non-hydrogen) atoms. The number of carbonyl (C=O) groups excluding carboxylic acids is 1. The van der Waals surface area contributed by atoms with Gasteiger partial charge in [-0.1, -0.05) is 24.4 Å². The van der Waals surface area contributed by atoms with E-state index in [1.807, 2.05) is 19.2 Å². The van der Waals surface area contributed by atoms with E-state index >= 15 is 0 Å². The minimum absolute atomic E-state index is 0.364. The molecule has 1 saturated carbocycles. The van der Waals surface area contributed by atoms with Gasteiger partial charge in [0.05, 0.1) is 12.7 Å². The van der Waals surface area contributed by atoms with Crippen LogP contribution in [0.3, 0.4) is 0 Å². The van der Waals surface area contributed by atoms with Gasteiger partial charge in [-0.15, -0.1) is 0 Å². The molecule has 0 heterocycles. The zero-order valence-electron chi connectivity index (χ0n) is 12.0. The third-order valence-electron chi connectivity index (χ3n) is 3.92. The lowest BCUT2D eigenvalue weighted by Gasteiger charge is -2.18. The predicted molar refractivity (Wildman–Crippen MR) is 82.4 cm³/mol. The van der Waals surface area contributed by atoms with Crippen LogP contribution >= 0.6 is 11.6 Å². The van der Waals surface area contributed by atoms with E-state index in [1.165, 1.54) is 12.8 Å². The number of anilines is 1. The zero-order chi connectivity index (χ0) is 14.4. The molecule has 0 spiro atoms. The molecular weight excluding hydrogens is 274 g/mol. The van der Waals surface area contributed by atoms with Crippen molar-refractivity contribution in [2.45, 2.75) is 51.2 Å². The largest absolute Gasteiger partial charge is 0.388 e. The number of rotatable bonds is 7. The van der Waals surface area contributed by atoms with Gasteiger partial charge in [0, 0.05) is 29.7 Å². The molecule has 4 heteroatoms. The van der Waals surface area contributed by atoms with Crippen LogP contribution in [0, 0.1) is 0 Å². The molecule has 0 amide bonds. The first-order valence-corrected chi connectivity index (χ1v) is 7.67. The van der Waals surface area contributed by atoms with Crippen LogP contribution < -0.4 is 5.32 Å². The lowest BCUT2D eigenvalue weighted by molar-refractivity contribution is -0.107. The van der Waals surface area contributed by atoms with Gasteiger partial charge < -0.3 is 14.8 Å². The third-order valence-corrected chi connectivity index (χ3v) is 4.28. The summed E-state index contributed by atoms with van der Waals surface area (Å²) in [6.07, 6.45) is 7.32. The van der Waals surface area contributed by atoms with Gasteiger partial charge in [-0.25, -0.2) is 0 Å². The molecule has 1 fully saturated rings. The lowest BCUT2D eigenvalue weighted by atomic mass is 10.0. The van der Waals surface area contributed by atoms with Crippen LogP contribution in [0.5, 0.6) is 0 Å². The van der Waals surface area contributed by atoms with Gasteiger partial charge in [0.15, 0.2) is 0 Å². The second-order valence-electron chi connectivity index (χ2n) is 5.22. The molecule has 0 unspecified atom stereocenters. The molecule has 0 bridgehead atoms. The summed E-state index contributed by atoms with van der Waals surface area (Å²) in [6.45, 7) is 0.535. The van der Waals surface area contributed by atoms with Crippen LogP contribution in [0.1, 0.15) is 43.2 Å². The van der Waals surface area contributed by atoms with Crippen molar-refractivity contribution in [2.24, 2.45) is 0 Å². The molecule has 0 atom stereocenters. The standard InChI is InChI=1S/C16H22ClNO2/c1-18-16-9-8-15(17)14(13(16)7-4-10-19)11-20-12-5-2-3-6-12/h8-10,12,18H,2-7,11H2,1H3.